The minimum absolute atomic E-state index is 0.0239. The van der Waals surface area contributed by atoms with Crippen LogP contribution in [-0.2, 0) is 0 Å². The van der Waals surface area contributed by atoms with Crippen molar-refractivity contribution in [2.24, 2.45) is 5.10 Å². The number of methoxy groups -OCH3 is 1. The van der Waals surface area contributed by atoms with Crippen LogP contribution in [0.15, 0.2) is 71.8 Å². The Morgan fingerprint density at radius 3 is 2.58 bits per heavy atom. The number of ether oxygens (including phenoxy) is 2. The van der Waals surface area contributed by atoms with Crippen LogP contribution in [-0.4, -0.2) is 22.8 Å². The molecule has 0 aliphatic carbocycles. The van der Waals surface area contributed by atoms with Gasteiger partial charge >= 0.3 is 0 Å². The van der Waals surface area contributed by atoms with Gasteiger partial charge < -0.3 is 9.47 Å². The summed E-state index contributed by atoms with van der Waals surface area (Å²) in [6.07, 6.45) is 0.113. The maximum atomic E-state index is 11.1. The fourth-order valence-electron chi connectivity index (χ4n) is 4.06. The van der Waals surface area contributed by atoms with Gasteiger partial charge in [-0.25, -0.2) is 5.01 Å². The topological polar surface area (TPSA) is 77.2 Å². The van der Waals surface area contributed by atoms with Crippen molar-refractivity contribution in [1.82, 2.24) is 5.01 Å². The number of nitro groups is 1. The quantitative estimate of drug-likeness (QED) is 0.399. The Morgan fingerprint density at radius 1 is 1.16 bits per heavy atom. The van der Waals surface area contributed by atoms with Crippen molar-refractivity contribution in [3.05, 3.63) is 98.6 Å². The molecule has 0 bridgehead atoms. The molecule has 2 atom stereocenters. The fraction of sp³-hybridized carbons (Fsp3) is 0.174. The number of hydrogen-bond donors (Lipinski definition) is 0. The van der Waals surface area contributed by atoms with Gasteiger partial charge in [0, 0.05) is 40.8 Å². The van der Waals surface area contributed by atoms with Crippen LogP contribution in [0.2, 0.25) is 5.02 Å². The number of rotatable bonds is 4. The molecular formula is C23H18ClN3O4. The summed E-state index contributed by atoms with van der Waals surface area (Å²) in [6.45, 7) is 0. The standard InChI is InChI=1S/C23H18ClN3O4/c1-30-21-12-16(24)11-18-20-13-19(14-5-3-2-4-6-14)25-26(20)23(31-22(18)21)15-7-9-17(10-8-15)27(28)29/h2-12,20,23H,13H2,1H3/t20-,23-/m0/s1. The van der Waals surface area contributed by atoms with Gasteiger partial charge in [-0.05, 0) is 23.8 Å². The molecule has 0 amide bonds. The maximum absolute atomic E-state index is 11.1. The molecule has 0 aromatic heterocycles. The maximum Gasteiger partial charge on any atom is 0.269 e. The molecule has 2 aliphatic heterocycles. The van der Waals surface area contributed by atoms with E-state index < -0.39 is 11.2 Å². The predicted molar refractivity (Wildman–Crippen MR) is 117 cm³/mol. The molecule has 0 unspecified atom stereocenters. The van der Waals surface area contributed by atoms with Crippen LogP contribution in [0, 0.1) is 10.1 Å². The number of hydrazone groups is 1. The normalized spacial score (nSPS) is 19.2. The van der Waals surface area contributed by atoms with Gasteiger partial charge in [-0.3, -0.25) is 10.1 Å². The van der Waals surface area contributed by atoms with E-state index in [4.69, 9.17) is 26.2 Å². The van der Waals surface area contributed by atoms with E-state index in [1.807, 2.05) is 41.4 Å². The first kappa shape index (κ1) is 19.4. The number of non-ortho nitro benzene ring substituents is 1. The highest BCUT2D eigenvalue weighted by molar-refractivity contribution is 6.30. The van der Waals surface area contributed by atoms with Crippen molar-refractivity contribution < 1.29 is 14.4 Å². The number of nitro benzene ring substituents is 1. The third-order valence-electron chi connectivity index (χ3n) is 5.54. The zero-order chi connectivity index (χ0) is 21.5. The Kier molecular flexibility index (Phi) is 4.75. The second-order valence-corrected chi connectivity index (χ2v) is 7.79. The van der Waals surface area contributed by atoms with Crippen molar-refractivity contribution in [3.63, 3.8) is 0 Å². The Hall–Kier alpha value is -3.58. The van der Waals surface area contributed by atoms with E-state index in [1.54, 1.807) is 25.3 Å². The summed E-state index contributed by atoms with van der Waals surface area (Å²) < 4.78 is 11.9. The number of halogens is 1. The monoisotopic (exact) mass is 435 g/mol. The van der Waals surface area contributed by atoms with E-state index in [0.29, 0.717) is 22.9 Å². The molecule has 31 heavy (non-hydrogen) atoms. The molecule has 5 rings (SSSR count). The van der Waals surface area contributed by atoms with Crippen molar-refractivity contribution in [1.29, 1.82) is 0 Å². The highest BCUT2D eigenvalue weighted by atomic mass is 35.5. The molecule has 156 valence electrons. The van der Waals surface area contributed by atoms with Gasteiger partial charge in [-0.15, -0.1) is 0 Å². The molecule has 0 saturated heterocycles. The van der Waals surface area contributed by atoms with Crippen molar-refractivity contribution in [2.75, 3.05) is 7.11 Å². The van der Waals surface area contributed by atoms with Crippen molar-refractivity contribution >= 4 is 23.0 Å². The minimum Gasteiger partial charge on any atom is -0.493 e. The van der Waals surface area contributed by atoms with Crippen molar-refractivity contribution in [3.8, 4) is 11.5 Å². The van der Waals surface area contributed by atoms with Crippen LogP contribution in [0.25, 0.3) is 0 Å². The Morgan fingerprint density at radius 2 is 1.90 bits per heavy atom. The molecule has 2 aliphatic rings. The largest absolute Gasteiger partial charge is 0.493 e. The lowest BCUT2D eigenvalue weighted by Crippen LogP contribution is -2.33. The van der Waals surface area contributed by atoms with Crippen LogP contribution in [0.4, 0.5) is 5.69 Å². The van der Waals surface area contributed by atoms with Gasteiger partial charge in [0.2, 0.25) is 6.23 Å². The highest BCUT2D eigenvalue weighted by Crippen LogP contribution is 2.51. The highest BCUT2D eigenvalue weighted by Gasteiger charge is 2.42. The predicted octanol–water partition coefficient (Wildman–Crippen LogP) is 5.50. The summed E-state index contributed by atoms with van der Waals surface area (Å²) in [7, 11) is 1.57. The van der Waals surface area contributed by atoms with Crippen LogP contribution in [0.3, 0.4) is 0 Å². The first-order valence-electron chi connectivity index (χ1n) is 9.75. The Bertz CT molecular complexity index is 1180. The van der Waals surface area contributed by atoms with Gasteiger partial charge in [-0.1, -0.05) is 41.9 Å². The summed E-state index contributed by atoms with van der Waals surface area (Å²) >= 11 is 6.35. The van der Waals surface area contributed by atoms with Gasteiger partial charge in [0.1, 0.15) is 0 Å². The number of hydrogen-bond acceptors (Lipinski definition) is 6. The molecule has 3 aromatic rings. The Balaban J connectivity index is 1.62. The first-order valence-corrected chi connectivity index (χ1v) is 10.1. The third kappa shape index (κ3) is 3.37. The van der Waals surface area contributed by atoms with Crippen LogP contribution < -0.4 is 9.47 Å². The molecule has 7 nitrogen and oxygen atoms in total. The van der Waals surface area contributed by atoms with Crippen LogP contribution in [0.5, 0.6) is 11.5 Å². The van der Waals surface area contributed by atoms with Gasteiger partial charge in [0.25, 0.3) is 5.69 Å². The molecule has 0 radical (unpaired) electrons. The summed E-state index contributed by atoms with van der Waals surface area (Å²) in [5, 5.41) is 18.4. The average Bonchev–Trinajstić information content (AvgIpc) is 3.24. The molecule has 2 heterocycles. The molecule has 3 aromatic carbocycles. The summed E-state index contributed by atoms with van der Waals surface area (Å²) in [5.74, 6) is 1.16. The van der Waals surface area contributed by atoms with Crippen molar-refractivity contribution in [2.45, 2.75) is 18.7 Å². The molecular weight excluding hydrogens is 418 g/mol. The summed E-state index contributed by atoms with van der Waals surface area (Å²) in [4.78, 5) is 10.6. The second kappa shape index (κ2) is 7.59. The molecule has 0 saturated carbocycles. The average molecular weight is 436 g/mol. The van der Waals surface area contributed by atoms with Gasteiger partial charge in [-0.2, -0.15) is 5.10 Å². The van der Waals surface area contributed by atoms with E-state index in [9.17, 15) is 10.1 Å². The summed E-state index contributed by atoms with van der Waals surface area (Å²) in [5.41, 5.74) is 3.66. The molecule has 8 heteroatoms. The fourth-order valence-corrected chi connectivity index (χ4v) is 4.28. The van der Waals surface area contributed by atoms with E-state index in [-0.39, 0.29) is 11.7 Å². The van der Waals surface area contributed by atoms with Gasteiger partial charge in [0.05, 0.1) is 23.8 Å². The lowest BCUT2D eigenvalue weighted by atomic mass is 9.95. The molecule has 0 fully saturated rings. The lowest BCUT2D eigenvalue weighted by molar-refractivity contribution is -0.384. The first-order chi connectivity index (χ1) is 15.0. The van der Waals surface area contributed by atoms with Crippen LogP contribution >= 0.6 is 11.6 Å². The number of fused-ring (bicyclic) bond motifs is 3. The second-order valence-electron chi connectivity index (χ2n) is 7.36. The lowest BCUT2D eigenvalue weighted by Gasteiger charge is -2.38. The minimum atomic E-state index is -0.561. The summed E-state index contributed by atoms with van der Waals surface area (Å²) in [6, 6.07) is 19.8. The van der Waals surface area contributed by atoms with E-state index in [2.05, 4.69) is 0 Å². The zero-order valence-corrected chi connectivity index (χ0v) is 17.3. The van der Waals surface area contributed by atoms with Gasteiger partial charge in [0.15, 0.2) is 11.5 Å². The van der Waals surface area contributed by atoms with E-state index in [0.717, 1.165) is 22.4 Å². The van der Waals surface area contributed by atoms with Crippen LogP contribution in [0.1, 0.15) is 35.4 Å². The smallest absolute Gasteiger partial charge is 0.269 e. The number of benzene rings is 3. The molecule has 0 spiro atoms. The zero-order valence-electron chi connectivity index (χ0n) is 16.6. The third-order valence-corrected chi connectivity index (χ3v) is 5.75. The van der Waals surface area contributed by atoms with E-state index >= 15 is 0 Å². The SMILES string of the molecule is COc1cc(Cl)cc2c1O[C@@H](c1ccc([N+](=O)[O-])cc1)N1N=C(c3ccccc3)C[C@@H]21. The molecule has 0 N–H and O–H groups in total. The number of nitrogens with zero attached hydrogens (tertiary/aromatic N) is 3. The Labute approximate surface area is 183 Å². The van der Waals surface area contributed by atoms with E-state index in [1.165, 1.54) is 12.1 Å².